The summed E-state index contributed by atoms with van der Waals surface area (Å²) < 4.78 is 40.0. The third kappa shape index (κ3) is 3.52. The van der Waals surface area contributed by atoms with Crippen LogP contribution in [0.1, 0.15) is 0 Å². The van der Waals surface area contributed by atoms with Crippen molar-refractivity contribution in [1.82, 2.24) is 4.98 Å². The van der Waals surface area contributed by atoms with Crippen molar-refractivity contribution in [2.24, 2.45) is 0 Å². The molecule has 0 radical (unpaired) electrons. The van der Waals surface area contributed by atoms with Gasteiger partial charge in [0.15, 0.2) is 4.90 Å². The summed E-state index contributed by atoms with van der Waals surface area (Å²) >= 11 is 3.14. The second-order valence-electron chi connectivity index (χ2n) is 3.83. The lowest BCUT2D eigenvalue weighted by Crippen LogP contribution is -2.15. The first-order chi connectivity index (χ1) is 9.79. The zero-order valence-corrected chi connectivity index (χ0v) is 12.6. The smallest absolute Gasteiger partial charge is 0.263 e. The number of hydrogen-bond donors (Lipinski definition) is 1. The molecule has 2 aromatic rings. The number of rotatable bonds is 4. The molecule has 0 bridgehead atoms. The number of nitrogens with one attached hydrogen (secondary N) is 1. The number of nitrogens with zero attached hydrogens (tertiary/aromatic N) is 2. The zero-order chi connectivity index (χ0) is 15.6. The van der Waals surface area contributed by atoms with Crippen molar-refractivity contribution >= 4 is 37.5 Å². The quantitative estimate of drug-likeness (QED) is 0.653. The topological polar surface area (TPSA) is 102 Å². The maximum Gasteiger partial charge on any atom is 0.292 e. The van der Waals surface area contributed by atoms with Gasteiger partial charge in [-0.05, 0) is 24.3 Å². The fourth-order valence-corrected chi connectivity index (χ4v) is 3.00. The molecule has 0 unspecified atom stereocenters. The number of nitro benzene ring substituents is 1. The predicted molar refractivity (Wildman–Crippen MR) is 75.8 cm³/mol. The summed E-state index contributed by atoms with van der Waals surface area (Å²) in [5, 5.41) is 10.9. The number of nitro groups is 1. The molecule has 0 atom stereocenters. The summed E-state index contributed by atoms with van der Waals surface area (Å²) in [5.74, 6) is -0.927. The van der Waals surface area contributed by atoms with Crippen molar-refractivity contribution < 1.29 is 17.7 Å². The van der Waals surface area contributed by atoms with Crippen LogP contribution in [0.25, 0.3) is 0 Å². The number of aromatic nitrogens is 1. The maximum atomic E-state index is 13.0. The minimum Gasteiger partial charge on any atom is -0.263 e. The van der Waals surface area contributed by atoms with Crippen LogP contribution in [0.15, 0.2) is 45.9 Å². The maximum absolute atomic E-state index is 13.0. The van der Waals surface area contributed by atoms with Gasteiger partial charge in [0.05, 0.1) is 11.0 Å². The van der Waals surface area contributed by atoms with Crippen LogP contribution in [0.3, 0.4) is 0 Å². The summed E-state index contributed by atoms with van der Waals surface area (Å²) in [6.45, 7) is 0. The average molecular weight is 376 g/mol. The molecule has 21 heavy (non-hydrogen) atoms. The molecule has 1 aromatic carbocycles. The van der Waals surface area contributed by atoms with Crippen molar-refractivity contribution in [3.63, 3.8) is 0 Å². The Bertz CT molecular complexity index is 813. The van der Waals surface area contributed by atoms with Crippen molar-refractivity contribution in [2.75, 3.05) is 4.72 Å². The molecular weight excluding hydrogens is 369 g/mol. The van der Waals surface area contributed by atoms with E-state index in [1.807, 2.05) is 0 Å². The minimum absolute atomic E-state index is 0.0250. The SMILES string of the molecule is O=[N+]([O-])c1cc(F)ccc1S(=O)(=O)Nc1cc(Br)ccn1. The first kappa shape index (κ1) is 15.3. The Morgan fingerprint density at radius 1 is 1.29 bits per heavy atom. The predicted octanol–water partition coefficient (Wildman–Crippen LogP) is 2.69. The third-order valence-corrected chi connectivity index (χ3v) is 4.26. The number of anilines is 1. The van der Waals surface area contributed by atoms with Crippen LogP contribution in [-0.2, 0) is 10.0 Å². The lowest BCUT2D eigenvalue weighted by Gasteiger charge is -2.08. The van der Waals surface area contributed by atoms with Gasteiger partial charge < -0.3 is 0 Å². The van der Waals surface area contributed by atoms with Crippen molar-refractivity contribution in [3.05, 3.63) is 56.9 Å². The number of pyridine rings is 1. The van der Waals surface area contributed by atoms with Crippen LogP contribution >= 0.6 is 15.9 Å². The van der Waals surface area contributed by atoms with E-state index < -0.39 is 31.3 Å². The van der Waals surface area contributed by atoms with Gasteiger partial charge in [-0.3, -0.25) is 14.8 Å². The molecule has 0 spiro atoms. The highest BCUT2D eigenvalue weighted by atomic mass is 79.9. The molecule has 110 valence electrons. The van der Waals surface area contributed by atoms with E-state index in [-0.39, 0.29) is 5.82 Å². The second kappa shape index (κ2) is 5.74. The van der Waals surface area contributed by atoms with E-state index in [2.05, 4.69) is 25.6 Å². The van der Waals surface area contributed by atoms with Crippen molar-refractivity contribution in [3.8, 4) is 0 Å². The highest BCUT2D eigenvalue weighted by Crippen LogP contribution is 2.26. The average Bonchev–Trinajstić information content (AvgIpc) is 2.37. The van der Waals surface area contributed by atoms with E-state index >= 15 is 0 Å². The molecule has 2 rings (SSSR count). The Hall–Kier alpha value is -2.07. The largest absolute Gasteiger partial charge is 0.292 e. The number of halogens is 2. The fraction of sp³-hybridized carbons (Fsp3) is 0. The highest BCUT2D eigenvalue weighted by molar-refractivity contribution is 9.10. The van der Waals surface area contributed by atoms with Gasteiger partial charge in [-0.2, -0.15) is 0 Å². The number of hydrogen-bond acceptors (Lipinski definition) is 5. The summed E-state index contributed by atoms with van der Waals surface area (Å²) in [7, 11) is -4.26. The zero-order valence-electron chi connectivity index (χ0n) is 10.2. The lowest BCUT2D eigenvalue weighted by atomic mass is 10.3. The Labute approximate surface area is 127 Å². The molecule has 0 amide bonds. The van der Waals surface area contributed by atoms with Crippen LogP contribution in [0.4, 0.5) is 15.9 Å². The molecule has 0 saturated heterocycles. The van der Waals surface area contributed by atoms with E-state index in [1.165, 1.54) is 12.3 Å². The van der Waals surface area contributed by atoms with Gasteiger partial charge in [0.1, 0.15) is 11.6 Å². The van der Waals surface area contributed by atoms with Crippen molar-refractivity contribution in [2.45, 2.75) is 4.90 Å². The van der Waals surface area contributed by atoms with E-state index in [1.54, 1.807) is 6.07 Å². The van der Waals surface area contributed by atoms with Crippen LogP contribution in [0.2, 0.25) is 0 Å². The number of sulfonamides is 1. The molecule has 0 aliphatic rings. The van der Waals surface area contributed by atoms with Gasteiger partial charge in [-0.25, -0.2) is 17.8 Å². The van der Waals surface area contributed by atoms with Gasteiger partial charge in [-0.15, -0.1) is 0 Å². The Morgan fingerprint density at radius 2 is 2.00 bits per heavy atom. The van der Waals surface area contributed by atoms with Gasteiger partial charge in [0.2, 0.25) is 0 Å². The molecule has 1 N–H and O–H groups in total. The molecule has 0 aliphatic carbocycles. The van der Waals surface area contributed by atoms with Gasteiger partial charge in [-0.1, -0.05) is 15.9 Å². The molecule has 0 fully saturated rings. The summed E-state index contributed by atoms with van der Waals surface area (Å²) in [4.78, 5) is 13.0. The van der Waals surface area contributed by atoms with Gasteiger partial charge in [0, 0.05) is 10.7 Å². The monoisotopic (exact) mass is 375 g/mol. The molecule has 1 heterocycles. The Morgan fingerprint density at radius 3 is 2.62 bits per heavy atom. The standard InChI is InChI=1S/C11H7BrFN3O4S/c12-7-3-4-14-11(5-7)15-21(19,20)10-2-1-8(13)6-9(10)16(17)18/h1-6H,(H,14,15). The first-order valence-electron chi connectivity index (χ1n) is 5.38. The normalized spacial score (nSPS) is 11.1. The molecule has 10 heteroatoms. The Kier molecular flexibility index (Phi) is 4.19. The molecule has 7 nitrogen and oxygen atoms in total. The summed E-state index contributed by atoms with van der Waals surface area (Å²) in [5.41, 5.74) is -0.850. The van der Waals surface area contributed by atoms with Crippen LogP contribution in [-0.4, -0.2) is 18.3 Å². The van der Waals surface area contributed by atoms with Crippen LogP contribution in [0, 0.1) is 15.9 Å². The summed E-state index contributed by atoms with van der Waals surface area (Å²) in [6, 6.07) is 5.16. The van der Waals surface area contributed by atoms with Gasteiger partial charge >= 0.3 is 0 Å². The van der Waals surface area contributed by atoms with Gasteiger partial charge in [0.25, 0.3) is 15.7 Å². The molecule has 0 aliphatic heterocycles. The minimum atomic E-state index is -4.26. The van der Waals surface area contributed by atoms with Crippen LogP contribution in [0.5, 0.6) is 0 Å². The highest BCUT2D eigenvalue weighted by Gasteiger charge is 2.26. The fourth-order valence-electron chi connectivity index (χ4n) is 1.51. The summed E-state index contributed by atoms with van der Waals surface area (Å²) in [6.07, 6.45) is 1.35. The van der Waals surface area contributed by atoms with Crippen LogP contribution < -0.4 is 4.72 Å². The molecular formula is C11H7BrFN3O4S. The van der Waals surface area contributed by atoms with E-state index in [4.69, 9.17) is 0 Å². The third-order valence-electron chi connectivity index (χ3n) is 2.37. The van der Waals surface area contributed by atoms with E-state index in [9.17, 15) is 22.9 Å². The first-order valence-corrected chi connectivity index (χ1v) is 7.65. The lowest BCUT2D eigenvalue weighted by molar-refractivity contribution is -0.388. The number of benzene rings is 1. The van der Waals surface area contributed by atoms with E-state index in [0.717, 1.165) is 12.1 Å². The molecule has 1 aromatic heterocycles. The Balaban J connectivity index is 2.47. The van der Waals surface area contributed by atoms with Crippen molar-refractivity contribution in [1.29, 1.82) is 0 Å². The molecule has 0 saturated carbocycles. The van der Waals surface area contributed by atoms with E-state index in [0.29, 0.717) is 10.5 Å². The second-order valence-corrected chi connectivity index (χ2v) is 6.40.